The lowest BCUT2D eigenvalue weighted by atomic mass is 9.86. The minimum absolute atomic E-state index is 0.0540. The van der Waals surface area contributed by atoms with Crippen molar-refractivity contribution in [1.29, 1.82) is 0 Å². The van der Waals surface area contributed by atoms with Crippen molar-refractivity contribution in [2.45, 2.75) is 97.1 Å². The van der Waals surface area contributed by atoms with Gasteiger partial charge in [0.25, 0.3) is 0 Å². The number of benzene rings is 1. The number of nitrogens with one attached hydrogen (secondary N) is 1. The quantitative estimate of drug-likeness (QED) is 0.458. The first-order valence-electron chi connectivity index (χ1n) is 11.6. The van der Waals surface area contributed by atoms with Crippen LogP contribution in [0.15, 0.2) is 12.1 Å². The lowest BCUT2D eigenvalue weighted by Crippen LogP contribution is -2.69. The van der Waals surface area contributed by atoms with E-state index in [0.717, 1.165) is 24.9 Å². The molecule has 31 heavy (non-hydrogen) atoms. The maximum atomic E-state index is 14.6. The highest BCUT2D eigenvalue weighted by atomic mass is 19.3. The minimum atomic E-state index is -2.44. The van der Waals surface area contributed by atoms with E-state index in [1.807, 2.05) is 19.9 Å². The van der Waals surface area contributed by atoms with E-state index < -0.39 is 17.4 Å². The molecule has 0 saturated heterocycles. The molecular formula is C24H36F3N2O2+. The van der Waals surface area contributed by atoms with Crippen LogP contribution in [-0.2, 0) is 10.4 Å². The standard InChI is InChI=1S/C22H30F3N2O2.C2H6/c1-21(2,29)14-11-16(23)20-17(12-14)27(26-20,15-5-3-6-15)10-4-7-18(28)22(8-9-22)13-19(24)25;1-2/h11-12,15,19,26,29H,3-10,13H2,1-2H3;1-2H3/q+1;. The number of fused-ring (bicyclic) bond motifs is 1. The molecule has 1 heterocycles. The van der Waals surface area contributed by atoms with Gasteiger partial charge in [-0.15, -0.1) is 0 Å². The van der Waals surface area contributed by atoms with Crippen LogP contribution in [0, 0.1) is 11.2 Å². The first kappa shape index (κ1) is 24.1. The number of carbonyl (C=O) groups excluding carboxylic acids is 1. The van der Waals surface area contributed by atoms with E-state index >= 15 is 0 Å². The topological polar surface area (TPSA) is 49.3 Å². The van der Waals surface area contributed by atoms with Gasteiger partial charge in [0.05, 0.1) is 5.60 Å². The normalized spacial score (nSPS) is 23.6. The molecule has 2 N–H and O–H groups in total. The lowest BCUT2D eigenvalue weighted by molar-refractivity contribution is -0.125. The SMILES string of the molecule is CC.CC(C)(O)c1cc(F)c2c(c1)[N+](CCCC(=O)C1(CC(F)F)CC1)(C1CCC1)N2. The number of quaternary nitrogens is 1. The van der Waals surface area contributed by atoms with Gasteiger partial charge in [0.2, 0.25) is 6.43 Å². The van der Waals surface area contributed by atoms with E-state index in [0.29, 0.717) is 47.7 Å². The number of aliphatic hydroxyl groups is 1. The Labute approximate surface area is 183 Å². The number of Topliss-reactive ketones (excluding diaryl/α,β-unsaturated/α-hetero) is 1. The van der Waals surface area contributed by atoms with Crippen LogP contribution in [-0.4, -0.2) is 29.9 Å². The molecule has 2 aliphatic carbocycles. The van der Waals surface area contributed by atoms with Gasteiger partial charge in [0.1, 0.15) is 18.4 Å². The number of ketones is 1. The molecule has 2 fully saturated rings. The molecule has 1 aromatic rings. The highest BCUT2D eigenvalue weighted by molar-refractivity contribution is 5.87. The van der Waals surface area contributed by atoms with Gasteiger partial charge in [-0.3, -0.25) is 4.79 Å². The van der Waals surface area contributed by atoms with Crippen molar-refractivity contribution in [1.82, 2.24) is 4.59 Å². The molecular weight excluding hydrogens is 405 g/mol. The second-order valence-corrected chi connectivity index (χ2v) is 9.60. The van der Waals surface area contributed by atoms with Crippen LogP contribution in [0.25, 0.3) is 0 Å². The smallest absolute Gasteiger partial charge is 0.239 e. The Balaban J connectivity index is 0.00000132. The summed E-state index contributed by atoms with van der Waals surface area (Å²) in [6.07, 6.45) is 2.38. The minimum Gasteiger partial charge on any atom is -0.386 e. The monoisotopic (exact) mass is 441 g/mol. The average Bonchev–Trinajstić information content (AvgIpc) is 3.41. The number of nitrogens with zero attached hydrogens (tertiary/aromatic N) is 1. The first-order valence-corrected chi connectivity index (χ1v) is 11.6. The summed E-state index contributed by atoms with van der Waals surface area (Å²) in [4.78, 5) is 12.5. The number of halogens is 3. The van der Waals surface area contributed by atoms with Crippen molar-refractivity contribution >= 4 is 17.2 Å². The fraction of sp³-hybridized carbons (Fsp3) is 0.708. The molecule has 1 unspecified atom stereocenters. The molecule has 2 saturated carbocycles. The zero-order valence-electron chi connectivity index (χ0n) is 19.1. The second-order valence-electron chi connectivity index (χ2n) is 9.60. The third kappa shape index (κ3) is 4.49. The fourth-order valence-corrected chi connectivity index (χ4v) is 4.85. The van der Waals surface area contributed by atoms with Gasteiger partial charge in [-0.25, -0.2) is 18.6 Å². The summed E-state index contributed by atoms with van der Waals surface area (Å²) in [5.74, 6) is -0.431. The summed E-state index contributed by atoms with van der Waals surface area (Å²) >= 11 is 0. The van der Waals surface area contributed by atoms with E-state index in [4.69, 9.17) is 0 Å². The van der Waals surface area contributed by atoms with Crippen molar-refractivity contribution in [3.05, 3.63) is 23.5 Å². The summed E-state index contributed by atoms with van der Waals surface area (Å²) in [6, 6.07) is 3.55. The molecule has 0 bridgehead atoms. The van der Waals surface area contributed by atoms with Crippen molar-refractivity contribution in [2.24, 2.45) is 5.41 Å². The third-order valence-electron chi connectivity index (χ3n) is 7.12. The van der Waals surface area contributed by atoms with E-state index in [1.165, 1.54) is 6.07 Å². The van der Waals surface area contributed by atoms with Crippen molar-refractivity contribution < 1.29 is 23.1 Å². The third-order valence-corrected chi connectivity index (χ3v) is 7.12. The maximum Gasteiger partial charge on any atom is 0.239 e. The zero-order valence-corrected chi connectivity index (χ0v) is 19.1. The molecule has 174 valence electrons. The second kappa shape index (κ2) is 8.74. The molecule has 1 aromatic carbocycles. The van der Waals surface area contributed by atoms with Gasteiger partial charge in [-0.2, -0.15) is 4.59 Å². The van der Waals surface area contributed by atoms with Gasteiger partial charge < -0.3 is 5.11 Å². The van der Waals surface area contributed by atoms with Gasteiger partial charge in [0, 0.05) is 43.6 Å². The van der Waals surface area contributed by atoms with Crippen molar-refractivity contribution in [3.8, 4) is 0 Å². The summed E-state index contributed by atoms with van der Waals surface area (Å²) in [5, 5.41) is 10.4. The van der Waals surface area contributed by atoms with Crippen LogP contribution in [0.5, 0.6) is 0 Å². The molecule has 0 amide bonds. The van der Waals surface area contributed by atoms with Gasteiger partial charge in [-0.1, -0.05) is 13.8 Å². The Bertz CT molecular complexity index is 814. The van der Waals surface area contributed by atoms with Crippen molar-refractivity contribution in [2.75, 3.05) is 12.0 Å². The van der Waals surface area contributed by atoms with Crippen LogP contribution in [0.3, 0.4) is 0 Å². The number of hydrogen-bond acceptors (Lipinski definition) is 3. The predicted molar refractivity (Wildman–Crippen MR) is 117 cm³/mol. The van der Waals surface area contributed by atoms with Gasteiger partial charge in [-0.05, 0) is 44.7 Å². The molecule has 0 spiro atoms. The number of alkyl halides is 2. The summed E-state index contributed by atoms with van der Waals surface area (Å²) in [7, 11) is 0. The Morgan fingerprint density at radius 3 is 2.42 bits per heavy atom. The predicted octanol–water partition coefficient (Wildman–Crippen LogP) is 6.06. The average molecular weight is 442 g/mol. The van der Waals surface area contributed by atoms with E-state index in [9.17, 15) is 23.1 Å². The largest absolute Gasteiger partial charge is 0.386 e. The first-order chi connectivity index (χ1) is 14.6. The molecule has 0 aromatic heterocycles. The number of rotatable bonds is 9. The van der Waals surface area contributed by atoms with Crippen LogP contribution in [0.4, 0.5) is 24.5 Å². The molecule has 3 aliphatic rings. The van der Waals surface area contributed by atoms with Crippen LogP contribution in [0.1, 0.15) is 84.6 Å². The van der Waals surface area contributed by atoms with E-state index in [2.05, 4.69) is 5.43 Å². The van der Waals surface area contributed by atoms with Crippen LogP contribution in [0.2, 0.25) is 0 Å². The molecule has 4 rings (SSSR count). The van der Waals surface area contributed by atoms with E-state index in [-0.39, 0.29) is 24.4 Å². The highest BCUT2D eigenvalue weighted by Gasteiger charge is 2.54. The lowest BCUT2D eigenvalue weighted by Gasteiger charge is -2.53. The van der Waals surface area contributed by atoms with Crippen molar-refractivity contribution in [3.63, 3.8) is 0 Å². The maximum absolute atomic E-state index is 14.6. The molecule has 4 nitrogen and oxygen atoms in total. The summed E-state index contributed by atoms with van der Waals surface area (Å²) in [6.45, 7) is 7.88. The molecule has 7 heteroatoms. The van der Waals surface area contributed by atoms with Gasteiger partial charge in [0.15, 0.2) is 17.2 Å². The van der Waals surface area contributed by atoms with Gasteiger partial charge >= 0.3 is 0 Å². The fourth-order valence-electron chi connectivity index (χ4n) is 4.85. The Kier molecular flexibility index (Phi) is 6.78. The number of carbonyl (C=O) groups is 1. The number of hydrogen-bond donors (Lipinski definition) is 2. The van der Waals surface area contributed by atoms with Crippen LogP contribution < -0.4 is 10.0 Å². The van der Waals surface area contributed by atoms with Crippen LogP contribution >= 0.6 is 0 Å². The number of anilines is 1. The highest BCUT2D eigenvalue weighted by Crippen LogP contribution is 2.53. The Morgan fingerprint density at radius 2 is 1.94 bits per heavy atom. The Hall–Kier alpha value is -1.60. The summed E-state index contributed by atoms with van der Waals surface area (Å²) in [5.41, 5.74) is 3.17. The zero-order chi connectivity index (χ0) is 23.0. The molecule has 1 atom stereocenters. The molecule has 1 aliphatic heterocycles. The van der Waals surface area contributed by atoms with E-state index in [1.54, 1.807) is 13.8 Å². The molecule has 0 radical (unpaired) electrons. The Morgan fingerprint density at radius 1 is 1.29 bits per heavy atom. The summed E-state index contributed by atoms with van der Waals surface area (Å²) < 4.78 is 40.6.